The third kappa shape index (κ3) is 3.71. The molecule has 4 aromatic rings. The second kappa shape index (κ2) is 7.71. The number of nitrogens with zero attached hydrogens (tertiary/aromatic N) is 4. The molecular weight excluding hydrogens is 443 g/mol. The highest BCUT2D eigenvalue weighted by molar-refractivity contribution is 5.97. The summed E-state index contributed by atoms with van der Waals surface area (Å²) < 4.78 is 17.5. The second-order valence-corrected chi connectivity index (χ2v) is 10.3. The fourth-order valence-corrected chi connectivity index (χ4v) is 5.21. The monoisotopic (exact) mass is 470 g/mol. The number of rotatable bonds is 5. The van der Waals surface area contributed by atoms with E-state index in [1.807, 2.05) is 37.5 Å². The molecule has 2 aromatic heterocycles. The van der Waals surface area contributed by atoms with Crippen LogP contribution in [0, 0.1) is 5.82 Å². The molecule has 0 saturated heterocycles. The van der Waals surface area contributed by atoms with E-state index in [9.17, 15) is 9.90 Å². The molecule has 1 amide bonds. The zero-order valence-electron chi connectivity index (χ0n) is 20.0. The maximum absolute atomic E-state index is 15.8. The van der Waals surface area contributed by atoms with Gasteiger partial charge >= 0.3 is 0 Å². The molecular formula is C28H27FN4O2. The Morgan fingerprint density at radius 2 is 2.00 bits per heavy atom. The van der Waals surface area contributed by atoms with Gasteiger partial charge in [-0.1, -0.05) is 24.3 Å². The lowest BCUT2D eigenvalue weighted by atomic mass is 9.90. The Bertz CT molecular complexity index is 1500. The van der Waals surface area contributed by atoms with Gasteiger partial charge in [-0.15, -0.1) is 0 Å². The van der Waals surface area contributed by atoms with Gasteiger partial charge in [0.1, 0.15) is 11.5 Å². The molecule has 2 aliphatic rings. The van der Waals surface area contributed by atoms with Gasteiger partial charge in [-0.3, -0.25) is 14.5 Å². The summed E-state index contributed by atoms with van der Waals surface area (Å²) in [7, 11) is 1.84. The second-order valence-electron chi connectivity index (χ2n) is 10.3. The van der Waals surface area contributed by atoms with Crippen LogP contribution in [-0.4, -0.2) is 30.7 Å². The third-order valence-corrected chi connectivity index (χ3v) is 7.10. The number of amides is 1. The summed E-state index contributed by atoms with van der Waals surface area (Å²) in [4.78, 5) is 18.8. The minimum atomic E-state index is -1.05. The van der Waals surface area contributed by atoms with Gasteiger partial charge in [0.05, 0.1) is 11.1 Å². The first kappa shape index (κ1) is 21.9. The lowest BCUT2D eigenvalue weighted by Gasteiger charge is -2.21. The minimum Gasteiger partial charge on any atom is -0.386 e. The third-order valence-electron chi connectivity index (χ3n) is 7.10. The van der Waals surface area contributed by atoms with Crippen molar-refractivity contribution in [1.82, 2.24) is 19.7 Å². The van der Waals surface area contributed by atoms with Crippen LogP contribution in [0.1, 0.15) is 65.3 Å². The van der Waals surface area contributed by atoms with E-state index in [4.69, 9.17) is 0 Å². The van der Waals surface area contributed by atoms with Crippen LogP contribution in [0.4, 0.5) is 4.39 Å². The molecule has 1 aliphatic carbocycles. The van der Waals surface area contributed by atoms with Crippen LogP contribution in [0.25, 0.3) is 22.0 Å². The van der Waals surface area contributed by atoms with Gasteiger partial charge in [-0.25, -0.2) is 4.39 Å². The summed E-state index contributed by atoms with van der Waals surface area (Å²) >= 11 is 0. The first-order chi connectivity index (χ1) is 16.7. The van der Waals surface area contributed by atoms with Crippen molar-refractivity contribution in [1.29, 1.82) is 0 Å². The zero-order chi connectivity index (χ0) is 24.5. The van der Waals surface area contributed by atoms with Crippen LogP contribution in [0.15, 0.2) is 48.8 Å². The van der Waals surface area contributed by atoms with Crippen molar-refractivity contribution in [2.24, 2.45) is 7.05 Å². The number of carbonyl (C=O) groups excluding carboxylic acids is 1. The number of fused-ring (bicyclic) bond motifs is 2. The normalized spacial score (nSPS) is 15.8. The summed E-state index contributed by atoms with van der Waals surface area (Å²) in [5.74, 6) is -0.146. The average Bonchev–Trinajstić information content (AvgIpc) is 3.50. The fraction of sp³-hybridized carbons (Fsp3) is 0.321. The van der Waals surface area contributed by atoms with E-state index in [1.165, 1.54) is 0 Å². The van der Waals surface area contributed by atoms with E-state index >= 15 is 4.39 Å². The molecule has 0 unspecified atom stereocenters. The molecule has 7 heteroatoms. The van der Waals surface area contributed by atoms with E-state index in [1.54, 1.807) is 35.7 Å². The molecule has 0 bridgehead atoms. The zero-order valence-corrected chi connectivity index (χ0v) is 20.0. The molecule has 6 rings (SSSR count). The first-order valence-corrected chi connectivity index (χ1v) is 12.0. The molecule has 1 aliphatic heterocycles. The average molecular weight is 471 g/mol. The Kier molecular flexibility index (Phi) is 4.83. The van der Waals surface area contributed by atoms with Gasteiger partial charge in [-0.05, 0) is 61.4 Å². The van der Waals surface area contributed by atoms with Gasteiger partial charge in [0, 0.05) is 54.6 Å². The molecule has 0 spiro atoms. The fourth-order valence-electron chi connectivity index (χ4n) is 5.21. The van der Waals surface area contributed by atoms with Gasteiger partial charge in [0.2, 0.25) is 0 Å². The Morgan fingerprint density at radius 1 is 1.20 bits per heavy atom. The molecule has 1 fully saturated rings. The van der Waals surface area contributed by atoms with Crippen LogP contribution in [0.3, 0.4) is 0 Å². The van der Waals surface area contributed by atoms with Gasteiger partial charge in [0.15, 0.2) is 0 Å². The standard InChI is InChI=1S/C28H27FN4O2/c1-28(2,35)23-9-8-19(22-14-32(3)31-26(22)23)18-11-20(16-6-7-16)21(24(29)12-18)15-33-13-17-5-4-10-30-25(17)27(33)34/h4-5,8-12,14,16,35H,6-7,13,15H2,1-3H3. The van der Waals surface area contributed by atoms with E-state index in [0.29, 0.717) is 29.2 Å². The Hall–Kier alpha value is -3.58. The summed E-state index contributed by atoms with van der Waals surface area (Å²) in [5.41, 5.74) is 4.96. The van der Waals surface area contributed by atoms with Crippen molar-refractivity contribution >= 4 is 16.8 Å². The number of aliphatic hydroxyl groups is 1. The number of pyridine rings is 1. The van der Waals surface area contributed by atoms with Crippen LogP contribution < -0.4 is 0 Å². The van der Waals surface area contributed by atoms with E-state index in [-0.39, 0.29) is 18.3 Å². The Labute approximate surface area is 203 Å². The molecule has 3 heterocycles. The minimum absolute atomic E-state index is 0.148. The Balaban J connectivity index is 1.43. The predicted octanol–water partition coefficient (Wildman–Crippen LogP) is 5.04. The number of benzene rings is 2. The smallest absolute Gasteiger partial charge is 0.273 e. The maximum Gasteiger partial charge on any atom is 0.273 e. The number of aryl methyl sites for hydroxylation is 1. The molecule has 6 nitrogen and oxygen atoms in total. The SMILES string of the molecule is Cn1cc2c(-c3cc(F)c(CN4Cc5cccnc5C4=O)c(C4CC4)c3)ccc(C(C)(C)O)c2n1. The molecule has 35 heavy (non-hydrogen) atoms. The molecule has 0 radical (unpaired) electrons. The highest BCUT2D eigenvalue weighted by Gasteiger charge is 2.33. The molecule has 2 aromatic carbocycles. The summed E-state index contributed by atoms with van der Waals surface area (Å²) in [6.07, 6.45) is 5.57. The van der Waals surface area contributed by atoms with Gasteiger partial charge in [0.25, 0.3) is 5.91 Å². The Morgan fingerprint density at radius 3 is 2.71 bits per heavy atom. The summed E-state index contributed by atoms with van der Waals surface area (Å²) in [5, 5.41) is 16.1. The van der Waals surface area contributed by atoms with E-state index in [2.05, 4.69) is 16.1 Å². The predicted molar refractivity (Wildman–Crippen MR) is 131 cm³/mol. The van der Waals surface area contributed by atoms with Gasteiger partial charge in [-0.2, -0.15) is 5.10 Å². The molecule has 0 atom stereocenters. The first-order valence-electron chi connectivity index (χ1n) is 12.0. The van der Waals surface area contributed by atoms with Crippen molar-refractivity contribution < 1.29 is 14.3 Å². The number of hydrogen-bond donors (Lipinski definition) is 1. The topological polar surface area (TPSA) is 71.2 Å². The highest BCUT2D eigenvalue weighted by atomic mass is 19.1. The number of hydrogen-bond acceptors (Lipinski definition) is 4. The van der Waals surface area contributed by atoms with Crippen LogP contribution in [-0.2, 0) is 25.7 Å². The van der Waals surface area contributed by atoms with E-state index < -0.39 is 5.60 Å². The largest absolute Gasteiger partial charge is 0.386 e. The molecule has 1 saturated carbocycles. The number of aromatic nitrogens is 3. The summed E-state index contributed by atoms with van der Waals surface area (Å²) in [6, 6.07) is 11.2. The van der Waals surface area contributed by atoms with Crippen LogP contribution >= 0.6 is 0 Å². The van der Waals surface area contributed by atoms with Crippen LogP contribution in [0.2, 0.25) is 0 Å². The highest BCUT2D eigenvalue weighted by Crippen LogP contribution is 2.45. The number of halogens is 1. The maximum atomic E-state index is 15.8. The lowest BCUT2D eigenvalue weighted by molar-refractivity contribution is 0.0759. The van der Waals surface area contributed by atoms with Crippen molar-refractivity contribution in [2.45, 2.75) is 51.3 Å². The van der Waals surface area contributed by atoms with Crippen molar-refractivity contribution in [3.8, 4) is 11.1 Å². The van der Waals surface area contributed by atoms with E-state index in [0.717, 1.165) is 46.0 Å². The molecule has 1 N–H and O–H groups in total. The quantitative estimate of drug-likeness (QED) is 0.444. The van der Waals surface area contributed by atoms with Crippen molar-refractivity contribution in [2.75, 3.05) is 0 Å². The van der Waals surface area contributed by atoms with Gasteiger partial charge < -0.3 is 10.0 Å². The number of carbonyl (C=O) groups is 1. The summed E-state index contributed by atoms with van der Waals surface area (Å²) in [6.45, 7) is 4.15. The van der Waals surface area contributed by atoms with Crippen molar-refractivity contribution in [3.05, 3.63) is 82.6 Å². The lowest BCUT2D eigenvalue weighted by Crippen LogP contribution is -2.25. The van der Waals surface area contributed by atoms with Crippen molar-refractivity contribution in [3.63, 3.8) is 0 Å². The van der Waals surface area contributed by atoms with Crippen LogP contribution in [0.5, 0.6) is 0 Å². The molecule has 178 valence electrons.